The lowest BCUT2D eigenvalue weighted by Crippen LogP contribution is -1.94. The molecule has 1 aromatic carbocycles. The molecule has 0 atom stereocenters. The van der Waals surface area contributed by atoms with E-state index < -0.39 is 28.2 Å². The number of halogens is 4. The Hall–Kier alpha value is -0.840. The first kappa shape index (κ1) is 8.26. The first-order valence-corrected chi connectivity index (χ1v) is 2.95. The highest BCUT2D eigenvalue weighted by Gasteiger charge is 2.16. The molecular formula is C6HF4S. The Labute approximate surface area is 65.2 Å². The maximum atomic E-state index is 12.3. The molecule has 0 heterocycles. The minimum absolute atomic E-state index is 0.112. The number of hydrogen-bond donors (Lipinski definition) is 0. The van der Waals surface area contributed by atoms with Gasteiger partial charge in [-0.3, -0.25) is 0 Å². The van der Waals surface area contributed by atoms with Gasteiger partial charge in [-0.05, 0) is 0 Å². The second kappa shape index (κ2) is 2.65. The minimum atomic E-state index is -1.53. The largest absolute Gasteiger partial charge is 0.204 e. The van der Waals surface area contributed by atoms with Crippen molar-refractivity contribution in [2.24, 2.45) is 0 Å². The van der Waals surface area contributed by atoms with E-state index in [1.807, 2.05) is 0 Å². The second-order valence-electron chi connectivity index (χ2n) is 1.80. The summed E-state index contributed by atoms with van der Waals surface area (Å²) < 4.78 is 48.9. The molecule has 0 aliphatic heterocycles. The Balaban J connectivity index is 3.46. The van der Waals surface area contributed by atoms with Gasteiger partial charge in [0.2, 0.25) is 0 Å². The van der Waals surface area contributed by atoms with Crippen molar-refractivity contribution in [1.29, 1.82) is 0 Å². The molecule has 0 amide bonds. The molecule has 0 N–H and O–H groups in total. The average Bonchev–Trinajstić information content (AvgIpc) is 1.97. The van der Waals surface area contributed by atoms with E-state index in [4.69, 9.17) is 0 Å². The molecule has 0 aromatic heterocycles. The summed E-state index contributed by atoms with van der Waals surface area (Å²) in [4.78, 5) is -1.05. The van der Waals surface area contributed by atoms with Crippen LogP contribution in [0, 0.1) is 23.3 Å². The third-order valence-corrected chi connectivity index (χ3v) is 1.43. The number of hydrogen-bond acceptors (Lipinski definition) is 0. The molecule has 0 fully saturated rings. The van der Waals surface area contributed by atoms with Crippen molar-refractivity contribution in [3.8, 4) is 0 Å². The van der Waals surface area contributed by atoms with Gasteiger partial charge in [0.05, 0.1) is 0 Å². The summed E-state index contributed by atoms with van der Waals surface area (Å²) in [6.07, 6.45) is 0. The summed E-state index contributed by atoms with van der Waals surface area (Å²) in [7, 11) is 0. The van der Waals surface area contributed by atoms with Gasteiger partial charge in [-0.1, -0.05) is 12.6 Å². The number of benzene rings is 1. The van der Waals surface area contributed by atoms with E-state index >= 15 is 0 Å². The molecule has 0 saturated heterocycles. The zero-order chi connectivity index (χ0) is 8.59. The van der Waals surface area contributed by atoms with Gasteiger partial charge in [0, 0.05) is 6.07 Å². The molecule has 0 unspecified atom stereocenters. The highest BCUT2D eigenvalue weighted by Crippen LogP contribution is 2.21. The van der Waals surface area contributed by atoms with Crippen molar-refractivity contribution < 1.29 is 17.6 Å². The Bertz CT molecular complexity index is 271. The molecule has 11 heavy (non-hydrogen) atoms. The van der Waals surface area contributed by atoms with Gasteiger partial charge in [-0.25, -0.2) is 17.6 Å². The minimum Gasteiger partial charge on any atom is -0.204 e. The van der Waals surface area contributed by atoms with Crippen LogP contribution in [0.2, 0.25) is 0 Å². The zero-order valence-electron chi connectivity index (χ0n) is 5.00. The monoisotopic (exact) mass is 181 g/mol. The van der Waals surface area contributed by atoms with E-state index in [1.54, 1.807) is 0 Å². The van der Waals surface area contributed by atoms with Crippen LogP contribution in [0.5, 0.6) is 0 Å². The molecule has 0 nitrogen and oxygen atoms in total. The van der Waals surface area contributed by atoms with Gasteiger partial charge in [-0.2, -0.15) is 0 Å². The molecule has 0 spiro atoms. The SMILES string of the molecule is Fc1cc(F)c(F)c([S])c1F. The molecule has 1 aromatic rings. The fourth-order valence-corrected chi connectivity index (χ4v) is 0.746. The molecule has 1 rings (SSSR count). The van der Waals surface area contributed by atoms with Crippen molar-refractivity contribution in [3.63, 3.8) is 0 Å². The van der Waals surface area contributed by atoms with Crippen LogP contribution in [0.1, 0.15) is 0 Å². The zero-order valence-corrected chi connectivity index (χ0v) is 5.81. The summed E-state index contributed by atoms with van der Waals surface area (Å²) in [6, 6.07) is 0.112. The van der Waals surface area contributed by atoms with Crippen molar-refractivity contribution in [2.45, 2.75) is 4.90 Å². The average molecular weight is 181 g/mol. The van der Waals surface area contributed by atoms with E-state index in [0.29, 0.717) is 0 Å². The van der Waals surface area contributed by atoms with Crippen LogP contribution in [0.4, 0.5) is 17.6 Å². The van der Waals surface area contributed by atoms with E-state index in [1.165, 1.54) is 0 Å². The first-order valence-electron chi connectivity index (χ1n) is 2.54. The van der Waals surface area contributed by atoms with E-state index in [2.05, 4.69) is 12.6 Å². The summed E-state index contributed by atoms with van der Waals surface area (Å²) in [6.45, 7) is 0. The van der Waals surface area contributed by atoms with Crippen LogP contribution < -0.4 is 0 Å². The fourth-order valence-electron chi connectivity index (χ4n) is 0.551. The Kier molecular flexibility index (Phi) is 1.99. The summed E-state index contributed by atoms with van der Waals surface area (Å²) in [5.74, 6) is -6.01. The van der Waals surface area contributed by atoms with E-state index in [-0.39, 0.29) is 6.07 Å². The van der Waals surface area contributed by atoms with Crippen molar-refractivity contribution in [3.05, 3.63) is 29.3 Å². The molecule has 1 radical (unpaired) electrons. The van der Waals surface area contributed by atoms with Crippen molar-refractivity contribution >= 4 is 12.6 Å². The van der Waals surface area contributed by atoms with Gasteiger partial charge >= 0.3 is 0 Å². The van der Waals surface area contributed by atoms with E-state index in [9.17, 15) is 17.6 Å². The fraction of sp³-hybridized carbons (Fsp3) is 0. The standard InChI is InChI=1S/C6HF4S/c7-2-1-3(8)5(10)6(11)4(2)9/h1H. The molecule has 0 bridgehead atoms. The van der Waals surface area contributed by atoms with Crippen molar-refractivity contribution in [2.75, 3.05) is 0 Å². The Morgan fingerprint density at radius 2 is 1.27 bits per heavy atom. The van der Waals surface area contributed by atoms with Gasteiger partial charge in [-0.15, -0.1) is 0 Å². The maximum absolute atomic E-state index is 12.3. The molecular weight excluding hydrogens is 180 g/mol. The topological polar surface area (TPSA) is 0 Å². The Morgan fingerprint density at radius 3 is 1.64 bits per heavy atom. The molecule has 0 aliphatic rings. The van der Waals surface area contributed by atoms with E-state index in [0.717, 1.165) is 0 Å². The van der Waals surface area contributed by atoms with Crippen LogP contribution in [-0.2, 0) is 0 Å². The van der Waals surface area contributed by atoms with Crippen LogP contribution in [0.3, 0.4) is 0 Å². The molecule has 0 saturated carbocycles. The smallest absolute Gasteiger partial charge is 0.180 e. The van der Waals surface area contributed by atoms with Crippen LogP contribution >= 0.6 is 12.6 Å². The summed E-state index contributed by atoms with van der Waals surface area (Å²) >= 11 is 4.04. The Morgan fingerprint density at radius 1 is 0.909 bits per heavy atom. The highest BCUT2D eigenvalue weighted by atomic mass is 32.1. The number of rotatable bonds is 0. The predicted molar refractivity (Wildman–Crippen MR) is 32.1 cm³/mol. The maximum Gasteiger partial charge on any atom is 0.180 e. The van der Waals surface area contributed by atoms with Crippen LogP contribution in [-0.4, -0.2) is 0 Å². The quantitative estimate of drug-likeness (QED) is 0.426. The second-order valence-corrected chi connectivity index (χ2v) is 2.21. The first-order chi connectivity index (χ1) is 5.04. The van der Waals surface area contributed by atoms with Gasteiger partial charge in [0.1, 0.15) is 4.90 Å². The van der Waals surface area contributed by atoms with Crippen LogP contribution in [0.15, 0.2) is 11.0 Å². The van der Waals surface area contributed by atoms with Gasteiger partial charge < -0.3 is 0 Å². The predicted octanol–water partition coefficient (Wildman–Crippen LogP) is 2.80. The summed E-state index contributed by atoms with van der Waals surface area (Å²) in [5.41, 5.74) is 0. The third-order valence-electron chi connectivity index (χ3n) is 1.07. The summed E-state index contributed by atoms with van der Waals surface area (Å²) in [5, 5.41) is 0. The van der Waals surface area contributed by atoms with Crippen LogP contribution in [0.25, 0.3) is 0 Å². The van der Waals surface area contributed by atoms with Gasteiger partial charge in [0.15, 0.2) is 23.3 Å². The highest BCUT2D eigenvalue weighted by molar-refractivity contribution is 7.80. The van der Waals surface area contributed by atoms with Crippen molar-refractivity contribution in [1.82, 2.24) is 0 Å². The molecule has 59 valence electrons. The molecule has 5 heteroatoms. The molecule has 0 aliphatic carbocycles. The van der Waals surface area contributed by atoms with Gasteiger partial charge in [0.25, 0.3) is 0 Å². The lowest BCUT2D eigenvalue weighted by Gasteiger charge is -1.97. The third kappa shape index (κ3) is 1.28. The lowest BCUT2D eigenvalue weighted by molar-refractivity contribution is 0.426. The lowest BCUT2D eigenvalue weighted by atomic mass is 10.3. The normalized spacial score (nSPS) is 10.2.